The Labute approximate surface area is 156 Å². The highest BCUT2D eigenvalue weighted by Gasteiger charge is 2.19. The van der Waals surface area contributed by atoms with Gasteiger partial charge in [-0.15, -0.1) is 0 Å². The van der Waals surface area contributed by atoms with E-state index in [2.05, 4.69) is 5.32 Å². The first-order valence-corrected chi connectivity index (χ1v) is 9.48. The van der Waals surface area contributed by atoms with Crippen molar-refractivity contribution in [2.45, 2.75) is 19.0 Å². The van der Waals surface area contributed by atoms with Crippen LogP contribution < -0.4 is 20.5 Å². The number of carbonyl (C=O) groups is 1. The molecule has 0 spiro atoms. The van der Waals surface area contributed by atoms with Crippen molar-refractivity contribution in [2.75, 3.05) is 18.6 Å². The Kier molecular flexibility index (Phi) is 6.00. The van der Waals surface area contributed by atoms with E-state index >= 15 is 0 Å². The monoisotopic (exact) mass is 376 g/mol. The van der Waals surface area contributed by atoms with Crippen molar-refractivity contribution in [1.29, 1.82) is 0 Å². The summed E-state index contributed by atoms with van der Waals surface area (Å²) in [4.78, 5) is 12.5. The van der Waals surface area contributed by atoms with Crippen LogP contribution in [0.1, 0.15) is 22.3 Å². The minimum atomic E-state index is -0.436. The van der Waals surface area contributed by atoms with Crippen LogP contribution in [0.5, 0.6) is 17.2 Å². The summed E-state index contributed by atoms with van der Waals surface area (Å²) in [5.74, 6) is 2.49. The number of carbonyl (C=O) groups excluding carboxylic acids is 1. The van der Waals surface area contributed by atoms with Gasteiger partial charge in [-0.1, -0.05) is 0 Å². The fraction of sp³-hybridized carbons (Fsp3) is 0.316. The van der Waals surface area contributed by atoms with E-state index in [-0.39, 0.29) is 18.5 Å². The molecule has 1 heterocycles. The molecule has 1 aliphatic heterocycles. The molecule has 0 aromatic heterocycles. The Morgan fingerprint density at radius 3 is 2.85 bits per heavy atom. The molecule has 5 nitrogen and oxygen atoms in total. The van der Waals surface area contributed by atoms with Crippen molar-refractivity contribution >= 4 is 17.7 Å². The molecule has 1 fully saturated rings. The number of hydrogen-bond acceptors (Lipinski definition) is 5. The number of hydrogen-bond donors (Lipinski definition) is 2. The second kappa shape index (κ2) is 8.42. The molecule has 2 aromatic rings. The molecule has 26 heavy (non-hydrogen) atoms. The highest BCUT2D eigenvalue weighted by molar-refractivity contribution is 7.99. The lowest BCUT2D eigenvalue weighted by molar-refractivity contribution is 0.0941. The number of rotatable bonds is 6. The van der Waals surface area contributed by atoms with E-state index in [9.17, 15) is 9.18 Å². The maximum Gasteiger partial charge on any atom is 0.251 e. The van der Waals surface area contributed by atoms with Gasteiger partial charge in [0.05, 0.1) is 7.11 Å². The van der Waals surface area contributed by atoms with Crippen molar-refractivity contribution in [2.24, 2.45) is 5.73 Å². The third kappa shape index (κ3) is 4.47. The first-order valence-electron chi connectivity index (χ1n) is 8.33. The molecule has 0 radical (unpaired) electrons. The highest BCUT2D eigenvalue weighted by Crippen LogP contribution is 2.33. The molecular weight excluding hydrogens is 355 g/mol. The number of halogens is 1. The van der Waals surface area contributed by atoms with Gasteiger partial charge in [0.2, 0.25) is 0 Å². The molecule has 138 valence electrons. The molecule has 7 heteroatoms. The summed E-state index contributed by atoms with van der Waals surface area (Å²) >= 11 is 1.83. The largest absolute Gasteiger partial charge is 0.493 e. The lowest BCUT2D eigenvalue weighted by Gasteiger charge is -2.14. The van der Waals surface area contributed by atoms with Crippen LogP contribution in [0.3, 0.4) is 0 Å². The van der Waals surface area contributed by atoms with Crippen LogP contribution in [-0.2, 0) is 6.54 Å². The molecule has 3 rings (SSSR count). The van der Waals surface area contributed by atoms with E-state index in [1.54, 1.807) is 24.3 Å². The fourth-order valence-electron chi connectivity index (χ4n) is 2.74. The van der Waals surface area contributed by atoms with Crippen molar-refractivity contribution < 1.29 is 18.7 Å². The van der Waals surface area contributed by atoms with Crippen molar-refractivity contribution in [3.05, 3.63) is 53.3 Å². The van der Waals surface area contributed by atoms with Gasteiger partial charge in [-0.25, -0.2) is 4.39 Å². The zero-order valence-electron chi connectivity index (χ0n) is 14.5. The Bertz CT molecular complexity index is 794. The number of amides is 1. The minimum absolute atomic E-state index is 0.160. The first-order chi connectivity index (χ1) is 12.6. The number of methoxy groups -OCH3 is 1. The van der Waals surface area contributed by atoms with Gasteiger partial charge in [-0.05, 0) is 48.1 Å². The topological polar surface area (TPSA) is 73.6 Å². The third-order valence-electron chi connectivity index (χ3n) is 4.09. The summed E-state index contributed by atoms with van der Waals surface area (Å²) < 4.78 is 24.8. The number of nitrogens with two attached hydrogens (primary N) is 1. The Balaban J connectivity index is 1.83. The van der Waals surface area contributed by atoms with Crippen molar-refractivity contribution in [3.8, 4) is 17.2 Å². The molecule has 1 atom stereocenters. The highest BCUT2D eigenvalue weighted by atomic mass is 32.2. The van der Waals surface area contributed by atoms with Crippen molar-refractivity contribution in [1.82, 2.24) is 5.32 Å². The smallest absolute Gasteiger partial charge is 0.251 e. The van der Waals surface area contributed by atoms with Crippen LogP contribution in [0.15, 0.2) is 36.4 Å². The van der Waals surface area contributed by atoms with Crippen LogP contribution in [0, 0.1) is 5.82 Å². The predicted molar refractivity (Wildman–Crippen MR) is 101 cm³/mol. The van der Waals surface area contributed by atoms with Gasteiger partial charge in [0.15, 0.2) is 11.5 Å². The van der Waals surface area contributed by atoms with Crippen LogP contribution in [0.25, 0.3) is 0 Å². The average molecular weight is 376 g/mol. The molecule has 0 saturated carbocycles. The van der Waals surface area contributed by atoms with Gasteiger partial charge >= 0.3 is 0 Å². The molecule has 0 bridgehead atoms. The van der Waals surface area contributed by atoms with Gasteiger partial charge in [-0.2, -0.15) is 11.8 Å². The second-order valence-electron chi connectivity index (χ2n) is 6.00. The third-order valence-corrected chi connectivity index (χ3v) is 5.25. The standard InChI is InChI=1S/C19H21FN2O3S/c1-24-17-3-2-13(19(23)22-15-4-5-26-11-15)8-18(17)25-16-7-12(10-21)6-14(20)9-16/h2-3,6-9,15H,4-5,10-11,21H2,1H3,(H,22,23). The summed E-state index contributed by atoms with van der Waals surface area (Å²) in [6, 6.07) is 9.41. The predicted octanol–water partition coefficient (Wildman–Crippen LogP) is 3.32. The van der Waals surface area contributed by atoms with E-state index in [1.807, 2.05) is 11.8 Å². The van der Waals surface area contributed by atoms with E-state index in [1.165, 1.54) is 19.2 Å². The number of benzene rings is 2. The van der Waals surface area contributed by atoms with E-state index in [0.717, 1.165) is 17.9 Å². The molecular formula is C19H21FN2O3S. The Morgan fingerprint density at radius 2 is 2.15 bits per heavy atom. The number of thioether (sulfide) groups is 1. The summed E-state index contributed by atoms with van der Waals surface area (Å²) in [5, 5.41) is 3.02. The summed E-state index contributed by atoms with van der Waals surface area (Å²) in [6.45, 7) is 0.201. The summed E-state index contributed by atoms with van der Waals surface area (Å²) in [6.07, 6.45) is 0.973. The number of ether oxygens (including phenoxy) is 2. The van der Waals surface area contributed by atoms with Crippen LogP contribution in [0.2, 0.25) is 0 Å². The summed E-state index contributed by atoms with van der Waals surface area (Å²) in [7, 11) is 1.51. The average Bonchev–Trinajstić information content (AvgIpc) is 3.14. The maximum atomic E-state index is 13.7. The fourth-order valence-corrected chi connectivity index (χ4v) is 3.89. The number of nitrogens with one attached hydrogen (secondary N) is 1. The molecule has 3 N–H and O–H groups in total. The Hall–Kier alpha value is -2.25. The van der Waals surface area contributed by atoms with E-state index in [4.69, 9.17) is 15.2 Å². The zero-order valence-corrected chi connectivity index (χ0v) is 15.3. The molecule has 1 amide bonds. The Morgan fingerprint density at radius 1 is 1.31 bits per heavy atom. The zero-order chi connectivity index (χ0) is 18.5. The normalized spacial score (nSPS) is 16.3. The molecule has 1 unspecified atom stereocenters. The minimum Gasteiger partial charge on any atom is -0.493 e. The quantitative estimate of drug-likeness (QED) is 0.809. The van der Waals surface area contributed by atoms with Gasteiger partial charge in [0.25, 0.3) is 5.91 Å². The van der Waals surface area contributed by atoms with Gasteiger partial charge < -0.3 is 20.5 Å². The van der Waals surface area contributed by atoms with Crippen molar-refractivity contribution in [3.63, 3.8) is 0 Å². The van der Waals surface area contributed by atoms with Crippen LogP contribution in [-0.4, -0.2) is 30.6 Å². The van der Waals surface area contributed by atoms with Crippen LogP contribution in [0.4, 0.5) is 4.39 Å². The van der Waals surface area contributed by atoms with Gasteiger partial charge in [0, 0.05) is 30.0 Å². The van der Waals surface area contributed by atoms with Gasteiger partial charge in [-0.3, -0.25) is 4.79 Å². The summed E-state index contributed by atoms with van der Waals surface area (Å²) in [5.41, 5.74) is 6.66. The molecule has 1 saturated heterocycles. The van der Waals surface area contributed by atoms with E-state index in [0.29, 0.717) is 28.4 Å². The molecule has 2 aromatic carbocycles. The second-order valence-corrected chi connectivity index (χ2v) is 7.15. The maximum absolute atomic E-state index is 13.7. The first kappa shape index (κ1) is 18.5. The van der Waals surface area contributed by atoms with Crippen LogP contribution >= 0.6 is 11.8 Å². The molecule has 1 aliphatic rings. The SMILES string of the molecule is COc1ccc(C(=O)NC2CCSC2)cc1Oc1cc(F)cc(CN)c1. The lowest BCUT2D eigenvalue weighted by atomic mass is 10.1. The van der Waals surface area contributed by atoms with E-state index < -0.39 is 5.82 Å². The van der Waals surface area contributed by atoms with Gasteiger partial charge in [0.1, 0.15) is 11.6 Å². The molecule has 0 aliphatic carbocycles. The lowest BCUT2D eigenvalue weighted by Crippen LogP contribution is -2.34.